The van der Waals surface area contributed by atoms with Gasteiger partial charge >= 0.3 is 0 Å². The molecular formula is C35H23N. The van der Waals surface area contributed by atoms with Gasteiger partial charge in [0.25, 0.3) is 0 Å². The number of hydrogen-bond acceptors (Lipinski definition) is 1. The molecule has 1 heterocycles. The van der Waals surface area contributed by atoms with Gasteiger partial charge < -0.3 is 0 Å². The fourth-order valence-electron chi connectivity index (χ4n) is 5.30. The number of pyridine rings is 1. The Morgan fingerprint density at radius 2 is 0.694 bits per heavy atom. The van der Waals surface area contributed by atoms with Crippen molar-refractivity contribution >= 4 is 32.3 Å². The fraction of sp³-hybridized carbons (Fsp3) is 0. The largest absolute Gasteiger partial charge is 0.248 e. The van der Waals surface area contributed by atoms with Gasteiger partial charge in [-0.05, 0) is 61.6 Å². The Morgan fingerprint density at radius 3 is 1.19 bits per heavy atom. The molecule has 7 aromatic rings. The van der Waals surface area contributed by atoms with Crippen molar-refractivity contribution in [2.45, 2.75) is 0 Å². The maximum absolute atomic E-state index is 5.05. The first-order valence-electron chi connectivity index (χ1n) is 12.3. The number of aromatic nitrogens is 1. The van der Waals surface area contributed by atoms with Crippen molar-refractivity contribution in [1.82, 2.24) is 4.98 Å². The van der Waals surface area contributed by atoms with E-state index >= 15 is 0 Å². The van der Waals surface area contributed by atoms with Crippen LogP contribution in [-0.2, 0) is 0 Å². The van der Waals surface area contributed by atoms with Gasteiger partial charge in [-0.2, -0.15) is 0 Å². The molecule has 0 bridgehead atoms. The molecule has 0 spiro atoms. The summed E-state index contributed by atoms with van der Waals surface area (Å²) in [7, 11) is 0. The van der Waals surface area contributed by atoms with Gasteiger partial charge in [-0.25, -0.2) is 4.98 Å². The standard InChI is InChI=1S/C35H23N/c1-3-11-24(12-4-1)34-22-27(23-35(36-34)25-13-5-2-6-14-25)26-19-20-32-30-17-8-7-15-28(30)29-16-9-10-18-31(29)33(32)21-26/h1-23H. The molecule has 0 radical (unpaired) electrons. The van der Waals surface area contributed by atoms with Crippen molar-refractivity contribution in [2.75, 3.05) is 0 Å². The molecule has 1 nitrogen and oxygen atoms in total. The Kier molecular flexibility index (Phi) is 4.85. The lowest BCUT2D eigenvalue weighted by molar-refractivity contribution is 1.32. The van der Waals surface area contributed by atoms with Crippen LogP contribution >= 0.6 is 0 Å². The average Bonchev–Trinajstić information content (AvgIpc) is 2.98. The lowest BCUT2D eigenvalue weighted by atomic mass is 9.91. The minimum absolute atomic E-state index is 0.982. The van der Waals surface area contributed by atoms with Crippen LogP contribution in [0.5, 0.6) is 0 Å². The lowest BCUT2D eigenvalue weighted by Crippen LogP contribution is -1.91. The molecule has 0 fully saturated rings. The topological polar surface area (TPSA) is 12.9 Å². The number of benzene rings is 6. The highest BCUT2D eigenvalue weighted by Crippen LogP contribution is 2.38. The summed E-state index contributed by atoms with van der Waals surface area (Å²) >= 11 is 0. The Hall–Kier alpha value is -4.75. The van der Waals surface area contributed by atoms with Gasteiger partial charge in [0.15, 0.2) is 0 Å². The van der Waals surface area contributed by atoms with Crippen LogP contribution in [0.1, 0.15) is 0 Å². The molecule has 1 aromatic heterocycles. The van der Waals surface area contributed by atoms with Gasteiger partial charge in [0, 0.05) is 11.1 Å². The number of fused-ring (bicyclic) bond motifs is 6. The monoisotopic (exact) mass is 457 g/mol. The van der Waals surface area contributed by atoms with Crippen molar-refractivity contribution < 1.29 is 0 Å². The summed E-state index contributed by atoms with van der Waals surface area (Å²) in [4.78, 5) is 5.05. The molecule has 0 aliphatic rings. The zero-order valence-electron chi connectivity index (χ0n) is 19.7. The highest BCUT2D eigenvalue weighted by atomic mass is 14.7. The predicted octanol–water partition coefficient (Wildman–Crippen LogP) is 9.54. The SMILES string of the molecule is c1ccc(-c2cc(-c3ccc4c5ccccc5c5ccccc5c4c3)cc(-c3ccccc3)n2)cc1. The number of nitrogens with zero attached hydrogens (tertiary/aromatic N) is 1. The molecule has 0 aliphatic heterocycles. The molecule has 0 aliphatic carbocycles. The summed E-state index contributed by atoms with van der Waals surface area (Å²) in [5.74, 6) is 0. The average molecular weight is 458 g/mol. The van der Waals surface area contributed by atoms with Crippen LogP contribution in [-0.4, -0.2) is 4.98 Å². The second-order valence-corrected chi connectivity index (χ2v) is 9.21. The number of rotatable bonds is 3. The summed E-state index contributed by atoms with van der Waals surface area (Å²) in [6.07, 6.45) is 0. The number of hydrogen-bond donors (Lipinski definition) is 0. The summed E-state index contributed by atoms with van der Waals surface area (Å²) in [5, 5.41) is 7.74. The normalized spacial score (nSPS) is 11.3. The quantitative estimate of drug-likeness (QED) is 0.241. The highest BCUT2D eigenvalue weighted by Gasteiger charge is 2.12. The molecule has 36 heavy (non-hydrogen) atoms. The van der Waals surface area contributed by atoms with Gasteiger partial charge in [0.1, 0.15) is 0 Å². The van der Waals surface area contributed by atoms with Crippen molar-refractivity contribution in [2.24, 2.45) is 0 Å². The second kappa shape index (κ2) is 8.48. The molecular weight excluding hydrogens is 434 g/mol. The summed E-state index contributed by atoms with van der Waals surface area (Å²) < 4.78 is 0. The van der Waals surface area contributed by atoms with Gasteiger partial charge in [0.05, 0.1) is 11.4 Å². The zero-order valence-corrected chi connectivity index (χ0v) is 19.7. The second-order valence-electron chi connectivity index (χ2n) is 9.21. The van der Waals surface area contributed by atoms with Crippen LogP contribution in [0.2, 0.25) is 0 Å². The minimum atomic E-state index is 0.982. The lowest BCUT2D eigenvalue weighted by Gasteiger charge is -2.13. The molecule has 0 amide bonds. The van der Waals surface area contributed by atoms with E-state index in [0.717, 1.165) is 22.5 Å². The molecule has 0 saturated carbocycles. The van der Waals surface area contributed by atoms with Crippen molar-refractivity contribution in [3.05, 3.63) is 140 Å². The van der Waals surface area contributed by atoms with Gasteiger partial charge in [0.2, 0.25) is 0 Å². The van der Waals surface area contributed by atoms with Crippen LogP contribution in [0.25, 0.3) is 66.0 Å². The molecule has 0 saturated heterocycles. The molecule has 0 N–H and O–H groups in total. The molecule has 0 atom stereocenters. The molecule has 0 unspecified atom stereocenters. The van der Waals surface area contributed by atoms with Gasteiger partial charge in [-0.15, -0.1) is 0 Å². The van der Waals surface area contributed by atoms with E-state index in [1.54, 1.807) is 0 Å². The first-order valence-corrected chi connectivity index (χ1v) is 12.3. The Labute approximate surface area is 210 Å². The van der Waals surface area contributed by atoms with Crippen LogP contribution in [0.4, 0.5) is 0 Å². The summed E-state index contributed by atoms with van der Waals surface area (Å²) in [6, 6.07) is 49.6. The van der Waals surface area contributed by atoms with Gasteiger partial charge in [-0.1, -0.05) is 121 Å². The first-order chi connectivity index (χ1) is 17.8. The van der Waals surface area contributed by atoms with Crippen LogP contribution < -0.4 is 0 Å². The third-order valence-electron chi connectivity index (χ3n) is 7.04. The van der Waals surface area contributed by atoms with Crippen LogP contribution in [0.3, 0.4) is 0 Å². The Bertz CT molecular complexity index is 1780. The van der Waals surface area contributed by atoms with Crippen LogP contribution in [0.15, 0.2) is 140 Å². The first kappa shape index (κ1) is 20.6. The maximum atomic E-state index is 5.05. The molecule has 7 rings (SSSR count). The van der Waals surface area contributed by atoms with E-state index in [9.17, 15) is 0 Å². The van der Waals surface area contributed by atoms with E-state index in [1.165, 1.54) is 43.4 Å². The van der Waals surface area contributed by atoms with E-state index < -0.39 is 0 Å². The molecule has 168 valence electrons. The third-order valence-corrected chi connectivity index (χ3v) is 7.04. The van der Waals surface area contributed by atoms with Crippen molar-refractivity contribution in [3.8, 4) is 33.6 Å². The van der Waals surface area contributed by atoms with E-state index in [4.69, 9.17) is 4.98 Å². The Morgan fingerprint density at radius 1 is 0.278 bits per heavy atom. The van der Waals surface area contributed by atoms with Crippen molar-refractivity contribution in [3.63, 3.8) is 0 Å². The fourth-order valence-corrected chi connectivity index (χ4v) is 5.30. The van der Waals surface area contributed by atoms with E-state index in [2.05, 4.69) is 127 Å². The van der Waals surface area contributed by atoms with Crippen molar-refractivity contribution in [1.29, 1.82) is 0 Å². The minimum Gasteiger partial charge on any atom is -0.248 e. The van der Waals surface area contributed by atoms with E-state index in [1.807, 2.05) is 12.1 Å². The molecule has 6 aromatic carbocycles. The summed E-state index contributed by atoms with van der Waals surface area (Å²) in [6.45, 7) is 0. The third kappa shape index (κ3) is 3.45. The predicted molar refractivity (Wildman–Crippen MR) is 153 cm³/mol. The van der Waals surface area contributed by atoms with E-state index in [-0.39, 0.29) is 0 Å². The zero-order chi connectivity index (χ0) is 23.9. The smallest absolute Gasteiger partial charge is 0.0715 e. The molecule has 1 heteroatoms. The van der Waals surface area contributed by atoms with Crippen LogP contribution in [0, 0.1) is 0 Å². The van der Waals surface area contributed by atoms with Gasteiger partial charge in [-0.3, -0.25) is 0 Å². The highest BCUT2D eigenvalue weighted by molar-refractivity contribution is 6.25. The Balaban J connectivity index is 1.51. The maximum Gasteiger partial charge on any atom is 0.0715 e. The summed E-state index contributed by atoms with van der Waals surface area (Å²) in [5.41, 5.74) is 6.56. The van der Waals surface area contributed by atoms with E-state index in [0.29, 0.717) is 0 Å².